The van der Waals surface area contributed by atoms with E-state index < -0.39 is 0 Å². The minimum Gasteiger partial charge on any atom is -0.306 e. The van der Waals surface area contributed by atoms with Crippen LogP contribution in [-0.2, 0) is 0 Å². The molecule has 1 saturated heterocycles. The van der Waals surface area contributed by atoms with E-state index >= 15 is 0 Å². The molecule has 120 valence electrons. The van der Waals surface area contributed by atoms with Crippen molar-refractivity contribution in [2.24, 2.45) is 17.8 Å². The first-order valence-electron chi connectivity index (χ1n) is 8.78. The highest BCUT2D eigenvalue weighted by molar-refractivity contribution is 4.80. The van der Waals surface area contributed by atoms with Crippen LogP contribution < -0.4 is 0 Å². The summed E-state index contributed by atoms with van der Waals surface area (Å²) >= 11 is 0. The molecule has 1 heterocycles. The van der Waals surface area contributed by atoms with Gasteiger partial charge in [0.1, 0.15) is 0 Å². The Balaban J connectivity index is 0.000000493. The summed E-state index contributed by atoms with van der Waals surface area (Å²) in [6.45, 7) is 15.7. The van der Waals surface area contributed by atoms with Crippen LogP contribution in [0.5, 0.6) is 0 Å². The topological polar surface area (TPSA) is 3.24 Å². The van der Waals surface area contributed by atoms with Gasteiger partial charge in [-0.3, -0.25) is 0 Å². The van der Waals surface area contributed by atoms with Gasteiger partial charge in [0, 0.05) is 0 Å². The summed E-state index contributed by atoms with van der Waals surface area (Å²) in [5.74, 6) is 2.36. The van der Waals surface area contributed by atoms with E-state index in [9.17, 15) is 0 Å². The summed E-state index contributed by atoms with van der Waals surface area (Å²) in [5, 5.41) is 0. The summed E-state index contributed by atoms with van der Waals surface area (Å²) in [6, 6.07) is 0. The fourth-order valence-corrected chi connectivity index (χ4v) is 2.71. The second-order valence-corrected chi connectivity index (χ2v) is 7.19. The van der Waals surface area contributed by atoms with Crippen LogP contribution in [0.15, 0.2) is 12.7 Å². The highest BCUT2D eigenvalue weighted by Crippen LogP contribution is 2.20. The third-order valence-electron chi connectivity index (χ3n) is 4.31. The summed E-state index contributed by atoms with van der Waals surface area (Å²) in [4.78, 5) is 2.36. The van der Waals surface area contributed by atoms with Gasteiger partial charge in [0.05, 0.1) is 0 Å². The van der Waals surface area contributed by atoms with E-state index in [4.69, 9.17) is 0 Å². The molecule has 0 aromatic carbocycles. The molecule has 1 aliphatic rings. The highest BCUT2D eigenvalue weighted by atomic mass is 15.1. The van der Waals surface area contributed by atoms with E-state index in [1.807, 2.05) is 0 Å². The Morgan fingerprint density at radius 3 is 1.85 bits per heavy atom. The van der Waals surface area contributed by atoms with E-state index in [0.717, 1.165) is 17.8 Å². The molecule has 1 fully saturated rings. The summed E-state index contributed by atoms with van der Waals surface area (Å²) in [6.07, 6.45) is 11.9. The maximum atomic E-state index is 3.91. The first-order chi connectivity index (χ1) is 9.47. The molecule has 1 rings (SSSR count). The zero-order valence-electron chi connectivity index (χ0n) is 14.8. The van der Waals surface area contributed by atoms with Crippen LogP contribution in [0.1, 0.15) is 72.6 Å². The van der Waals surface area contributed by atoms with Gasteiger partial charge in [-0.2, -0.15) is 0 Å². The number of allylic oxidation sites excluding steroid dienone is 1. The van der Waals surface area contributed by atoms with E-state index in [1.165, 1.54) is 58.0 Å². The smallest absolute Gasteiger partial charge is 0.00213 e. The predicted molar refractivity (Wildman–Crippen MR) is 93.2 cm³/mol. The monoisotopic (exact) mass is 281 g/mol. The van der Waals surface area contributed by atoms with Gasteiger partial charge in [0.25, 0.3) is 0 Å². The number of likely N-dealkylation sites (tertiary alicyclic amines) is 1. The van der Waals surface area contributed by atoms with Gasteiger partial charge in [-0.15, -0.1) is 6.58 Å². The number of hydrogen-bond acceptors (Lipinski definition) is 1. The van der Waals surface area contributed by atoms with Crippen LogP contribution in [0, 0.1) is 17.8 Å². The fraction of sp³-hybridized carbons (Fsp3) is 0.895. The maximum absolute atomic E-state index is 3.91. The first kappa shape index (κ1) is 19.7. The average molecular weight is 282 g/mol. The number of hydrogen-bond donors (Lipinski definition) is 0. The van der Waals surface area contributed by atoms with Crippen LogP contribution in [0.25, 0.3) is 0 Å². The Hall–Kier alpha value is -0.300. The number of nitrogens with zero attached hydrogens (tertiary/aromatic N) is 1. The molecule has 0 N–H and O–H groups in total. The van der Waals surface area contributed by atoms with Crippen molar-refractivity contribution in [1.82, 2.24) is 4.90 Å². The molecule has 1 unspecified atom stereocenters. The van der Waals surface area contributed by atoms with E-state index in [-0.39, 0.29) is 0 Å². The lowest BCUT2D eigenvalue weighted by Gasteiger charge is -2.16. The quantitative estimate of drug-likeness (QED) is 0.403. The molecule has 0 amide bonds. The SMILES string of the molecule is C=CC(CCCCCC(C)C)C(C)C.CN1CCCC1. The molecule has 1 aliphatic heterocycles. The molecule has 0 aromatic rings. The Bertz CT molecular complexity index is 214. The normalized spacial score (nSPS) is 17.1. The standard InChI is InChI=1S/C14H28.C5H11N/c1-6-14(13(4)5)11-9-7-8-10-12(2)3;1-6-4-2-3-5-6/h6,12-14H,1,7-11H2,2-5H3;2-5H2,1H3. The Kier molecular flexibility index (Phi) is 12.3. The minimum absolute atomic E-state index is 0.731. The molecular weight excluding hydrogens is 242 g/mol. The van der Waals surface area contributed by atoms with Crippen LogP contribution >= 0.6 is 0 Å². The Morgan fingerprint density at radius 2 is 1.50 bits per heavy atom. The second-order valence-electron chi connectivity index (χ2n) is 7.19. The zero-order valence-corrected chi connectivity index (χ0v) is 14.8. The lowest BCUT2D eigenvalue weighted by Crippen LogP contribution is -2.10. The number of rotatable bonds is 8. The molecule has 20 heavy (non-hydrogen) atoms. The third-order valence-corrected chi connectivity index (χ3v) is 4.31. The lowest BCUT2D eigenvalue weighted by molar-refractivity contribution is 0.410. The van der Waals surface area contributed by atoms with E-state index in [1.54, 1.807) is 0 Å². The van der Waals surface area contributed by atoms with Crippen molar-refractivity contribution in [3.63, 3.8) is 0 Å². The molecule has 1 nitrogen and oxygen atoms in total. The lowest BCUT2D eigenvalue weighted by atomic mass is 9.90. The highest BCUT2D eigenvalue weighted by Gasteiger charge is 2.08. The molecule has 0 aromatic heterocycles. The minimum atomic E-state index is 0.731. The van der Waals surface area contributed by atoms with Crippen LogP contribution in [0.4, 0.5) is 0 Å². The van der Waals surface area contributed by atoms with Gasteiger partial charge in [-0.1, -0.05) is 59.5 Å². The van der Waals surface area contributed by atoms with Crippen molar-refractivity contribution in [1.29, 1.82) is 0 Å². The van der Waals surface area contributed by atoms with Gasteiger partial charge < -0.3 is 4.90 Å². The van der Waals surface area contributed by atoms with Gasteiger partial charge in [0.2, 0.25) is 0 Å². The van der Waals surface area contributed by atoms with Crippen LogP contribution in [0.2, 0.25) is 0 Å². The molecule has 0 aliphatic carbocycles. The summed E-state index contributed by atoms with van der Waals surface area (Å²) < 4.78 is 0. The average Bonchev–Trinajstić information content (AvgIpc) is 2.85. The van der Waals surface area contributed by atoms with Crippen molar-refractivity contribution >= 4 is 0 Å². The van der Waals surface area contributed by atoms with Crippen molar-refractivity contribution < 1.29 is 0 Å². The zero-order chi connectivity index (χ0) is 15.4. The third kappa shape index (κ3) is 11.5. The molecule has 1 heteroatoms. The van der Waals surface area contributed by atoms with Crippen LogP contribution in [-0.4, -0.2) is 25.0 Å². The molecule has 0 radical (unpaired) electrons. The van der Waals surface area contributed by atoms with E-state index in [0.29, 0.717) is 0 Å². The second kappa shape index (κ2) is 12.4. The Morgan fingerprint density at radius 1 is 0.950 bits per heavy atom. The first-order valence-corrected chi connectivity index (χ1v) is 8.78. The number of unbranched alkanes of at least 4 members (excludes halogenated alkanes) is 2. The molecular formula is C19H39N. The van der Waals surface area contributed by atoms with Crippen molar-refractivity contribution in [3.05, 3.63) is 12.7 Å². The van der Waals surface area contributed by atoms with Crippen molar-refractivity contribution in [2.75, 3.05) is 20.1 Å². The van der Waals surface area contributed by atoms with Crippen molar-refractivity contribution in [2.45, 2.75) is 72.6 Å². The molecule has 0 bridgehead atoms. The van der Waals surface area contributed by atoms with Gasteiger partial charge in [0.15, 0.2) is 0 Å². The van der Waals surface area contributed by atoms with E-state index in [2.05, 4.69) is 52.3 Å². The maximum Gasteiger partial charge on any atom is -0.00213 e. The summed E-state index contributed by atoms with van der Waals surface area (Å²) in [7, 11) is 2.17. The van der Waals surface area contributed by atoms with Crippen molar-refractivity contribution in [3.8, 4) is 0 Å². The fourth-order valence-electron chi connectivity index (χ4n) is 2.71. The van der Waals surface area contributed by atoms with Gasteiger partial charge >= 0.3 is 0 Å². The van der Waals surface area contributed by atoms with Gasteiger partial charge in [-0.25, -0.2) is 0 Å². The Labute approximate surface area is 128 Å². The molecule has 1 atom stereocenters. The molecule has 0 saturated carbocycles. The van der Waals surface area contributed by atoms with Gasteiger partial charge in [-0.05, 0) is 57.2 Å². The largest absolute Gasteiger partial charge is 0.306 e. The summed E-state index contributed by atoms with van der Waals surface area (Å²) in [5.41, 5.74) is 0. The predicted octanol–water partition coefficient (Wildman–Crippen LogP) is 5.76. The molecule has 0 spiro atoms. The van der Waals surface area contributed by atoms with Crippen LogP contribution in [0.3, 0.4) is 0 Å².